The molecule has 6 heteroatoms. The summed E-state index contributed by atoms with van der Waals surface area (Å²) in [6.07, 6.45) is 0. The van der Waals surface area contributed by atoms with Gasteiger partial charge in [0.25, 0.3) is 0 Å². The first-order valence-electron chi connectivity index (χ1n) is 6.55. The molecular weight excluding hydrogens is 289 g/mol. The van der Waals surface area contributed by atoms with Crippen molar-refractivity contribution >= 4 is 5.97 Å². The summed E-state index contributed by atoms with van der Waals surface area (Å²) in [5.74, 6) is -0.616. The lowest BCUT2D eigenvalue weighted by Gasteiger charge is -2.14. The van der Waals surface area contributed by atoms with E-state index >= 15 is 0 Å². The number of rotatable bonds is 6. The fraction of sp³-hybridized carbons (Fsp3) is 0.188. The van der Waals surface area contributed by atoms with Crippen LogP contribution in [-0.2, 0) is 11.4 Å². The van der Waals surface area contributed by atoms with Crippen molar-refractivity contribution in [2.45, 2.75) is 12.6 Å². The maximum atomic E-state index is 12.9. The van der Waals surface area contributed by atoms with Crippen LogP contribution >= 0.6 is 0 Å². The molecule has 1 atom stereocenters. The number of methoxy groups -OCH3 is 1. The Hall–Kier alpha value is -2.60. The van der Waals surface area contributed by atoms with E-state index < -0.39 is 12.0 Å². The second kappa shape index (κ2) is 6.91. The van der Waals surface area contributed by atoms with Crippen LogP contribution in [0.25, 0.3) is 0 Å². The standard InChI is InChI=1S/C16H16FNO4/c1-21-13-7-4-11(15(18)16(19)20)8-14(13)22-9-10-2-5-12(17)6-3-10/h2-8,15H,9,18H2,1H3,(H,19,20)/t15-/m0/s1. The van der Waals surface area contributed by atoms with E-state index in [2.05, 4.69) is 0 Å². The summed E-state index contributed by atoms with van der Waals surface area (Å²) in [5.41, 5.74) is 6.76. The molecule has 0 radical (unpaired) electrons. The zero-order valence-electron chi connectivity index (χ0n) is 12.0. The minimum Gasteiger partial charge on any atom is -0.493 e. The van der Waals surface area contributed by atoms with Crippen LogP contribution in [-0.4, -0.2) is 18.2 Å². The van der Waals surface area contributed by atoms with Crippen molar-refractivity contribution in [2.24, 2.45) is 5.73 Å². The van der Waals surface area contributed by atoms with E-state index in [0.717, 1.165) is 5.56 Å². The minimum atomic E-state index is -1.14. The highest BCUT2D eigenvalue weighted by Gasteiger charge is 2.16. The molecule has 0 aromatic heterocycles. The van der Waals surface area contributed by atoms with E-state index in [0.29, 0.717) is 17.1 Å². The van der Waals surface area contributed by atoms with Gasteiger partial charge >= 0.3 is 5.97 Å². The van der Waals surface area contributed by atoms with Gasteiger partial charge in [-0.1, -0.05) is 18.2 Å². The topological polar surface area (TPSA) is 81.8 Å². The highest BCUT2D eigenvalue weighted by Crippen LogP contribution is 2.30. The van der Waals surface area contributed by atoms with Crippen molar-refractivity contribution in [3.8, 4) is 11.5 Å². The molecule has 0 aliphatic rings. The molecule has 0 bridgehead atoms. The number of carbonyl (C=O) groups is 1. The quantitative estimate of drug-likeness (QED) is 0.857. The fourth-order valence-corrected chi connectivity index (χ4v) is 1.88. The molecule has 0 amide bonds. The number of hydrogen-bond acceptors (Lipinski definition) is 4. The van der Waals surface area contributed by atoms with Crippen LogP contribution < -0.4 is 15.2 Å². The molecule has 2 aromatic rings. The predicted octanol–water partition coefficient (Wildman–Crippen LogP) is 2.50. The van der Waals surface area contributed by atoms with Crippen molar-refractivity contribution in [1.29, 1.82) is 0 Å². The number of hydrogen-bond donors (Lipinski definition) is 2. The van der Waals surface area contributed by atoms with Crippen LogP contribution in [0.3, 0.4) is 0 Å². The summed E-state index contributed by atoms with van der Waals surface area (Å²) in [6, 6.07) is 9.45. The lowest BCUT2D eigenvalue weighted by atomic mass is 10.1. The lowest BCUT2D eigenvalue weighted by Crippen LogP contribution is -2.20. The fourth-order valence-electron chi connectivity index (χ4n) is 1.88. The molecule has 116 valence electrons. The molecule has 0 aliphatic carbocycles. The number of carboxylic acid groups (broad SMARTS) is 1. The Morgan fingerprint density at radius 1 is 1.23 bits per heavy atom. The Morgan fingerprint density at radius 2 is 1.91 bits per heavy atom. The SMILES string of the molecule is COc1ccc([C@H](N)C(=O)O)cc1OCc1ccc(F)cc1. The Balaban J connectivity index is 2.18. The monoisotopic (exact) mass is 305 g/mol. The third-order valence-corrected chi connectivity index (χ3v) is 3.12. The molecule has 0 saturated carbocycles. The molecule has 0 heterocycles. The third-order valence-electron chi connectivity index (χ3n) is 3.12. The molecule has 0 saturated heterocycles. The maximum absolute atomic E-state index is 12.9. The lowest BCUT2D eigenvalue weighted by molar-refractivity contribution is -0.138. The van der Waals surface area contributed by atoms with Crippen molar-refractivity contribution in [3.63, 3.8) is 0 Å². The highest BCUT2D eigenvalue weighted by molar-refractivity contribution is 5.75. The Kier molecular flexibility index (Phi) is 4.95. The van der Waals surface area contributed by atoms with Crippen LogP contribution in [0.15, 0.2) is 42.5 Å². The minimum absolute atomic E-state index is 0.197. The van der Waals surface area contributed by atoms with Crippen molar-refractivity contribution in [3.05, 3.63) is 59.4 Å². The molecule has 0 aliphatic heterocycles. The summed E-state index contributed by atoms with van der Waals surface area (Å²) in [5, 5.41) is 8.95. The van der Waals surface area contributed by atoms with Gasteiger partial charge in [-0.2, -0.15) is 0 Å². The average molecular weight is 305 g/mol. The van der Waals surface area contributed by atoms with E-state index in [1.54, 1.807) is 24.3 Å². The molecular formula is C16H16FNO4. The van der Waals surface area contributed by atoms with E-state index in [1.807, 2.05) is 0 Å². The first kappa shape index (κ1) is 15.8. The normalized spacial score (nSPS) is 11.8. The van der Waals surface area contributed by atoms with Crippen LogP contribution in [0.5, 0.6) is 11.5 Å². The van der Waals surface area contributed by atoms with Gasteiger partial charge < -0.3 is 20.3 Å². The van der Waals surface area contributed by atoms with Crippen molar-refractivity contribution in [1.82, 2.24) is 0 Å². The van der Waals surface area contributed by atoms with E-state index in [1.165, 1.54) is 25.3 Å². The van der Waals surface area contributed by atoms with E-state index in [4.69, 9.17) is 20.3 Å². The first-order valence-corrected chi connectivity index (χ1v) is 6.55. The smallest absolute Gasteiger partial charge is 0.325 e. The van der Waals surface area contributed by atoms with Gasteiger partial charge in [0.15, 0.2) is 11.5 Å². The number of aliphatic carboxylic acids is 1. The summed E-state index contributed by atoms with van der Waals surface area (Å²) < 4.78 is 23.7. The molecule has 3 N–H and O–H groups in total. The van der Waals surface area contributed by atoms with Crippen LogP contribution in [0.4, 0.5) is 4.39 Å². The number of halogens is 1. The number of benzene rings is 2. The van der Waals surface area contributed by atoms with Gasteiger partial charge in [0.05, 0.1) is 7.11 Å². The molecule has 2 rings (SSSR count). The Bertz CT molecular complexity index is 658. The van der Waals surface area contributed by atoms with Gasteiger partial charge in [0, 0.05) is 0 Å². The summed E-state index contributed by atoms with van der Waals surface area (Å²) in [7, 11) is 1.48. The van der Waals surface area contributed by atoms with Crippen molar-refractivity contribution < 1.29 is 23.8 Å². The first-order chi connectivity index (χ1) is 10.5. The van der Waals surface area contributed by atoms with Crippen molar-refractivity contribution in [2.75, 3.05) is 7.11 Å². The van der Waals surface area contributed by atoms with Crippen LogP contribution in [0, 0.1) is 5.82 Å². The number of ether oxygens (including phenoxy) is 2. The van der Waals surface area contributed by atoms with Crippen LogP contribution in [0.1, 0.15) is 17.2 Å². The van der Waals surface area contributed by atoms with Gasteiger partial charge in [-0.05, 0) is 35.4 Å². The number of carboxylic acids is 1. The second-order valence-electron chi connectivity index (χ2n) is 4.64. The van der Waals surface area contributed by atoms with Gasteiger partial charge in [-0.3, -0.25) is 4.79 Å². The Morgan fingerprint density at radius 3 is 2.50 bits per heavy atom. The summed E-state index contributed by atoms with van der Waals surface area (Å²) >= 11 is 0. The Labute approximate surface area is 127 Å². The summed E-state index contributed by atoms with van der Waals surface area (Å²) in [4.78, 5) is 10.9. The molecule has 0 unspecified atom stereocenters. The van der Waals surface area contributed by atoms with Gasteiger partial charge in [0.2, 0.25) is 0 Å². The number of nitrogens with two attached hydrogens (primary N) is 1. The van der Waals surface area contributed by atoms with E-state index in [9.17, 15) is 9.18 Å². The molecule has 22 heavy (non-hydrogen) atoms. The molecule has 5 nitrogen and oxygen atoms in total. The zero-order chi connectivity index (χ0) is 16.1. The average Bonchev–Trinajstić information content (AvgIpc) is 2.53. The summed E-state index contributed by atoms with van der Waals surface area (Å²) in [6.45, 7) is 0.197. The third kappa shape index (κ3) is 3.73. The molecule has 0 fully saturated rings. The van der Waals surface area contributed by atoms with E-state index in [-0.39, 0.29) is 12.4 Å². The van der Waals surface area contributed by atoms with Gasteiger partial charge in [0.1, 0.15) is 18.5 Å². The zero-order valence-corrected chi connectivity index (χ0v) is 12.0. The van der Waals surface area contributed by atoms with Gasteiger partial charge in [-0.15, -0.1) is 0 Å². The predicted molar refractivity (Wildman–Crippen MR) is 78.3 cm³/mol. The van der Waals surface area contributed by atoms with Crippen LogP contribution in [0.2, 0.25) is 0 Å². The second-order valence-corrected chi connectivity index (χ2v) is 4.64. The molecule has 2 aromatic carbocycles. The maximum Gasteiger partial charge on any atom is 0.325 e. The highest BCUT2D eigenvalue weighted by atomic mass is 19.1. The van der Waals surface area contributed by atoms with Gasteiger partial charge in [-0.25, -0.2) is 4.39 Å². The molecule has 0 spiro atoms. The largest absolute Gasteiger partial charge is 0.493 e.